The Bertz CT molecular complexity index is 330. The van der Waals surface area contributed by atoms with Crippen LogP contribution in [-0.4, -0.2) is 34.8 Å². The minimum absolute atomic E-state index is 0.534. The molecule has 4 heteroatoms. The largest absolute Gasteiger partial charge is 0.330 e. The van der Waals surface area contributed by atoms with E-state index in [-0.39, 0.29) is 0 Å². The molecule has 0 aliphatic rings. The molecule has 4 nitrogen and oxygen atoms in total. The predicted octanol–water partition coefficient (Wildman–Crippen LogP) is 2.27. The number of hydrogen-bond acceptors (Lipinski definition) is 3. The van der Waals surface area contributed by atoms with E-state index >= 15 is 0 Å². The molecule has 0 aliphatic carbocycles. The molecule has 1 aromatic heterocycles. The third kappa shape index (κ3) is 4.42. The fourth-order valence-electron chi connectivity index (χ4n) is 2.28. The van der Waals surface area contributed by atoms with Crippen LogP contribution in [0.25, 0.3) is 0 Å². The van der Waals surface area contributed by atoms with Gasteiger partial charge in [0.1, 0.15) is 0 Å². The van der Waals surface area contributed by atoms with E-state index in [1.165, 1.54) is 0 Å². The molecule has 2 N–H and O–H groups in total. The van der Waals surface area contributed by atoms with Gasteiger partial charge in [-0.15, -0.1) is 0 Å². The summed E-state index contributed by atoms with van der Waals surface area (Å²) in [6.45, 7) is 9.27. The van der Waals surface area contributed by atoms with Gasteiger partial charge in [-0.2, -0.15) is 5.10 Å². The molecule has 0 fully saturated rings. The van der Waals surface area contributed by atoms with Crippen LogP contribution in [0.2, 0.25) is 0 Å². The van der Waals surface area contributed by atoms with E-state index in [4.69, 9.17) is 5.73 Å². The summed E-state index contributed by atoms with van der Waals surface area (Å²) in [6.07, 6.45) is 4.38. The molecule has 18 heavy (non-hydrogen) atoms. The number of hydrogen-bond donors (Lipinski definition) is 1. The molecule has 0 bridgehead atoms. The lowest BCUT2D eigenvalue weighted by Crippen LogP contribution is -2.28. The first kappa shape index (κ1) is 15.2. The molecule has 0 aliphatic heterocycles. The summed E-state index contributed by atoms with van der Waals surface area (Å²) in [5, 5.41) is 4.67. The zero-order valence-corrected chi connectivity index (χ0v) is 12.3. The summed E-state index contributed by atoms with van der Waals surface area (Å²) >= 11 is 0. The van der Waals surface area contributed by atoms with Gasteiger partial charge in [0.2, 0.25) is 0 Å². The summed E-state index contributed by atoms with van der Waals surface area (Å²) in [7, 11) is 2.13. The summed E-state index contributed by atoms with van der Waals surface area (Å²) in [6, 6.07) is 2.66. The Hall–Kier alpha value is -0.870. The second-order valence-electron chi connectivity index (χ2n) is 5.30. The van der Waals surface area contributed by atoms with Crippen molar-refractivity contribution in [1.29, 1.82) is 0 Å². The average Bonchev–Trinajstić information content (AvgIpc) is 2.78. The topological polar surface area (TPSA) is 47.1 Å². The first-order valence-electron chi connectivity index (χ1n) is 7.03. The SMILES string of the molecule is CCC(CC)n1ccc(CN(C)CC(C)CN)n1. The molecule has 1 heterocycles. The summed E-state index contributed by atoms with van der Waals surface area (Å²) in [5.41, 5.74) is 6.79. The molecule has 0 saturated carbocycles. The molecule has 0 aromatic carbocycles. The molecular formula is C14H28N4. The molecule has 1 unspecified atom stereocenters. The van der Waals surface area contributed by atoms with Crippen molar-refractivity contribution in [2.24, 2.45) is 11.7 Å². The quantitative estimate of drug-likeness (QED) is 0.772. The molecule has 0 amide bonds. The van der Waals surface area contributed by atoms with Crippen LogP contribution < -0.4 is 5.73 Å². The van der Waals surface area contributed by atoms with Crippen LogP contribution in [0, 0.1) is 5.92 Å². The first-order valence-corrected chi connectivity index (χ1v) is 7.03. The van der Waals surface area contributed by atoms with Gasteiger partial charge in [-0.05, 0) is 38.4 Å². The van der Waals surface area contributed by atoms with Crippen molar-refractivity contribution in [3.8, 4) is 0 Å². The zero-order valence-electron chi connectivity index (χ0n) is 12.3. The van der Waals surface area contributed by atoms with Gasteiger partial charge in [0.05, 0.1) is 11.7 Å². The fourth-order valence-corrected chi connectivity index (χ4v) is 2.28. The summed E-state index contributed by atoms with van der Waals surface area (Å²) < 4.78 is 2.11. The maximum Gasteiger partial charge on any atom is 0.0764 e. The lowest BCUT2D eigenvalue weighted by Gasteiger charge is -2.19. The second kappa shape index (κ2) is 7.54. The molecule has 1 atom stereocenters. The number of rotatable bonds is 8. The summed E-state index contributed by atoms with van der Waals surface area (Å²) in [4.78, 5) is 2.29. The third-order valence-electron chi connectivity index (χ3n) is 3.44. The summed E-state index contributed by atoms with van der Waals surface area (Å²) in [5.74, 6) is 0.538. The Morgan fingerprint density at radius 3 is 2.61 bits per heavy atom. The van der Waals surface area contributed by atoms with E-state index in [9.17, 15) is 0 Å². The monoisotopic (exact) mass is 252 g/mol. The van der Waals surface area contributed by atoms with Crippen molar-refractivity contribution in [2.75, 3.05) is 20.1 Å². The van der Waals surface area contributed by atoms with Gasteiger partial charge in [0, 0.05) is 19.3 Å². The third-order valence-corrected chi connectivity index (χ3v) is 3.44. The zero-order chi connectivity index (χ0) is 13.5. The van der Waals surface area contributed by atoms with Gasteiger partial charge in [-0.1, -0.05) is 20.8 Å². The average molecular weight is 252 g/mol. The normalized spacial score (nSPS) is 13.5. The van der Waals surface area contributed by atoms with E-state index in [2.05, 4.69) is 54.8 Å². The van der Waals surface area contributed by atoms with Gasteiger partial charge in [-0.3, -0.25) is 4.68 Å². The smallest absolute Gasteiger partial charge is 0.0764 e. The number of aromatic nitrogens is 2. The molecule has 104 valence electrons. The van der Waals surface area contributed by atoms with Gasteiger partial charge in [0.25, 0.3) is 0 Å². The lowest BCUT2D eigenvalue weighted by atomic mass is 10.2. The van der Waals surface area contributed by atoms with Gasteiger partial charge in [0.15, 0.2) is 0 Å². The van der Waals surface area contributed by atoms with Gasteiger partial charge in [-0.25, -0.2) is 0 Å². The van der Waals surface area contributed by atoms with Crippen LogP contribution in [0.15, 0.2) is 12.3 Å². The van der Waals surface area contributed by atoms with Crippen molar-refractivity contribution in [3.63, 3.8) is 0 Å². The van der Waals surface area contributed by atoms with Crippen molar-refractivity contribution in [1.82, 2.24) is 14.7 Å². The predicted molar refractivity (Wildman–Crippen MR) is 76.4 cm³/mol. The molecule has 0 saturated heterocycles. The Labute approximate surface area is 111 Å². The Balaban J connectivity index is 2.53. The number of nitrogens with two attached hydrogens (primary N) is 1. The highest BCUT2D eigenvalue weighted by Crippen LogP contribution is 2.15. The highest BCUT2D eigenvalue weighted by atomic mass is 15.3. The number of nitrogens with zero attached hydrogens (tertiary/aromatic N) is 3. The van der Waals surface area contributed by atoms with Crippen molar-refractivity contribution >= 4 is 0 Å². The standard InChI is InChI=1S/C14H28N4/c1-5-14(6-2)18-8-7-13(16-18)11-17(4)10-12(3)9-15/h7-8,12,14H,5-6,9-11,15H2,1-4H3. The molecular weight excluding hydrogens is 224 g/mol. The Kier molecular flexibility index (Phi) is 6.36. The van der Waals surface area contributed by atoms with Crippen LogP contribution in [0.3, 0.4) is 0 Å². The highest BCUT2D eigenvalue weighted by Gasteiger charge is 2.10. The Morgan fingerprint density at radius 2 is 2.06 bits per heavy atom. The second-order valence-corrected chi connectivity index (χ2v) is 5.30. The van der Waals surface area contributed by atoms with Crippen molar-refractivity contribution in [3.05, 3.63) is 18.0 Å². The molecule has 0 spiro atoms. The maximum absolute atomic E-state index is 5.65. The van der Waals surface area contributed by atoms with E-state index < -0.39 is 0 Å². The Morgan fingerprint density at radius 1 is 1.39 bits per heavy atom. The lowest BCUT2D eigenvalue weighted by molar-refractivity contribution is 0.277. The van der Waals surface area contributed by atoms with Gasteiger partial charge < -0.3 is 10.6 Å². The van der Waals surface area contributed by atoms with Crippen LogP contribution in [-0.2, 0) is 6.54 Å². The minimum atomic E-state index is 0.534. The molecule has 0 radical (unpaired) electrons. The van der Waals surface area contributed by atoms with Gasteiger partial charge >= 0.3 is 0 Å². The van der Waals surface area contributed by atoms with E-state index in [0.29, 0.717) is 12.0 Å². The van der Waals surface area contributed by atoms with Crippen LogP contribution >= 0.6 is 0 Å². The van der Waals surface area contributed by atoms with Crippen molar-refractivity contribution in [2.45, 2.75) is 46.2 Å². The van der Waals surface area contributed by atoms with Crippen LogP contribution in [0.5, 0.6) is 0 Å². The van der Waals surface area contributed by atoms with Crippen molar-refractivity contribution < 1.29 is 0 Å². The van der Waals surface area contributed by atoms with Crippen LogP contribution in [0.1, 0.15) is 45.3 Å². The minimum Gasteiger partial charge on any atom is -0.330 e. The van der Waals surface area contributed by atoms with E-state index in [1.54, 1.807) is 0 Å². The molecule has 1 aromatic rings. The van der Waals surface area contributed by atoms with E-state index in [1.807, 2.05) is 0 Å². The molecule has 1 rings (SSSR count). The van der Waals surface area contributed by atoms with E-state index in [0.717, 1.165) is 38.2 Å². The highest BCUT2D eigenvalue weighted by molar-refractivity contribution is 4.99. The maximum atomic E-state index is 5.65. The van der Waals surface area contributed by atoms with Crippen LogP contribution in [0.4, 0.5) is 0 Å². The first-order chi connectivity index (χ1) is 8.60. The fraction of sp³-hybridized carbons (Fsp3) is 0.786.